The molecule has 0 radical (unpaired) electrons. The molecular weight excluding hydrogens is 467 g/mol. The molecule has 0 unspecified atom stereocenters. The number of allylic oxidation sites excluding steroid dienone is 1. The standard InChI is InChI=1S/C23H16BrFN2O4/c1-30-22-11-15(9-18(13-26)16-6-4-7-19(12-16)27(28)29)10-20(24)23(22)31-14-17-5-2-3-8-21(17)25/h2-12H,14H2,1H3. The molecule has 156 valence electrons. The molecule has 0 amide bonds. The molecule has 0 heterocycles. The molecule has 3 rings (SSSR count). The van der Waals surface area contributed by atoms with Crippen LogP contribution in [-0.2, 0) is 6.61 Å². The van der Waals surface area contributed by atoms with Gasteiger partial charge in [0, 0.05) is 17.7 Å². The second-order valence-corrected chi connectivity index (χ2v) is 7.25. The number of nitriles is 1. The quantitative estimate of drug-likeness (QED) is 0.174. The van der Waals surface area contributed by atoms with Gasteiger partial charge in [-0.25, -0.2) is 4.39 Å². The van der Waals surface area contributed by atoms with E-state index in [0.29, 0.717) is 32.7 Å². The fraction of sp³-hybridized carbons (Fsp3) is 0.0870. The minimum absolute atomic E-state index is 0.00788. The molecule has 6 nitrogen and oxygen atoms in total. The Labute approximate surface area is 186 Å². The fourth-order valence-corrected chi connectivity index (χ4v) is 3.44. The van der Waals surface area contributed by atoms with Crippen molar-refractivity contribution in [2.75, 3.05) is 7.11 Å². The first-order chi connectivity index (χ1) is 14.9. The molecule has 0 aliphatic heterocycles. The van der Waals surface area contributed by atoms with Crippen molar-refractivity contribution in [1.82, 2.24) is 0 Å². The molecule has 31 heavy (non-hydrogen) atoms. The summed E-state index contributed by atoms with van der Waals surface area (Å²) in [6.07, 6.45) is 1.59. The van der Waals surface area contributed by atoms with Crippen LogP contribution in [0.4, 0.5) is 10.1 Å². The van der Waals surface area contributed by atoms with E-state index in [1.165, 1.54) is 31.4 Å². The molecule has 0 aromatic heterocycles. The van der Waals surface area contributed by atoms with E-state index in [4.69, 9.17) is 9.47 Å². The fourth-order valence-electron chi connectivity index (χ4n) is 2.86. The highest BCUT2D eigenvalue weighted by molar-refractivity contribution is 9.10. The summed E-state index contributed by atoms with van der Waals surface area (Å²) >= 11 is 3.43. The first kappa shape index (κ1) is 22.0. The molecule has 0 bridgehead atoms. The van der Waals surface area contributed by atoms with Crippen LogP contribution < -0.4 is 9.47 Å². The van der Waals surface area contributed by atoms with E-state index in [0.717, 1.165) is 0 Å². The Bertz CT molecular complexity index is 1200. The van der Waals surface area contributed by atoms with E-state index in [1.54, 1.807) is 42.5 Å². The Morgan fingerprint density at radius 1 is 1.23 bits per heavy atom. The summed E-state index contributed by atoms with van der Waals surface area (Å²) in [7, 11) is 1.47. The van der Waals surface area contributed by atoms with Crippen LogP contribution in [-0.4, -0.2) is 12.0 Å². The smallest absolute Gasteiger partial charge is 0.270 e. The van der Waals surface area contributed by atoms with Gasteiger partial charge in [-0.1, -0.05) is 30.3 Å². The van der Waals surface area contributed by atoms with Crippen molar-refractivity contribution in [2.45, 2.75) is 6.61 Å². The molecule has 8 heteroatoms. The largest absolute Gasteiger partial charge is 0.493 e. The maximum Gasteiger partial charge on any atom is 0.270 e. The highest BCUT2D eigenvalue weighted by Crippen LogP contribution is 2.38. The summed E-state index contributed by atoms with van der Waals surface area (Å²) in [6, 6.07) is 17.6. The number of hydrogen-bond donors (Lipinski definition) is 0. The van der Waals surface area contributed by atoms with E-state index in [-0.39, 0.29) is 23.7 Å². The van der Waals surface area contributed by atoms with Gasteiger partial charge in [0.05, 0.1) is 28.1 Å². The van der Waals surface area contributed by atoms with Crippen molar-refractivity contribution in [1.29, 1.82) is 5.26 Å². The molecule has 0 N–H and O–H groups in total. The minimum Gasteiger partial charge on any atom is -0.493 e. The zero-order valence-corrected chi connectivity index (χ0v) is 17.9. The van der Waals surface area contributed by atoms with Crippen LogP contribution in [0.1, 0.15) is 16.7 Å². The number of non-ortho nitro benzene ring substituents is 1. The lowest BCUT2D eigenvalue weighted by molar-refractivity contribution is -0.384. The van der Waals surface area contributed by atoms with Gasteiger partial charge in [0.15, 0.2) is 11.5 Å². The number of halogens is 2. The lowest BCUT2D eigenvalue weighted by Crippen LogP contribution is -2.01. The Kier molecular flexibility index (Phi) is 7.00. The second-order valence-electron chi connectivity index (χ2n) is 6.39. The van der Waals surface area contributed by atoms with Crippen molar-refractivity contribution in [3.63, 3.8) is 0 Å². The monoisotopic (exact) mass is 482 g/mol. The van der Waals surface area contributed by atoms with Crippen molar-refractivity contribution < 1.29 is 18.8 Å². The Morgan fingerprint density at radius 3 is 2.68 bits per heavy atom. The number of methoxy groups -OCH3 is 1. The number of nitro benzene ring substituents is 1. The molecule has 3 aromatic rings. The lowest BCUT2D eigenvalue weighted by atomic mass is 10.0. The molecule has 0 spiro atoms. The number of hydrogen-bond acceptors (Lipinski definition) is 5. The van der Waals surface area contributed by atoms with Crippen molar-refractivity contribution in [2.24, 2.45) is 0 Å². The third-order valence-electron chi connectivity index (χ3n) is 4.38. The van der Waals surface area contributed by atoms with Crippen molar-refractivity contribution >= 4 is 33.3 Å². The molecule has 0 atom stereocenters. The number of ether oxygens (including phenoxy) is 2. The van der Waals surface area contributed by atoms with Gasteiger partial charge >= 0.3 is 0 Å². The Hall–Kier alpha value is -3.70. The van der Waals surface area contributed by atoms with Gasteiger partial charge in [-0.2, -0.15) is 5.26 Å². The van der Waals surface area contributed by atoms with E-state index in [2.05, 4.69) is 22.0 Å². The highest BCUT2D eigenvalue weighted by Gasteiger charge is 2.14. The van der Waals surface area contributed by atoms with Crippen LogP contribution >= 0.6 is 15.9 Å². The molecule has 0 fully saturated rings. The van der Waals surface area contributed by atoms with Crippen LogP contribution in [0.3, 0.4) is 0 Å². The molecule has 3 aromatic carbocycles. The van der Waals surface area contributed by atoms with E-state index >= 15 is 0 Å². The van der Waals surface area contributed by atoms with Crippen LogP contribution in [0.2, 0.25) is 0 Å². The summed E-state index contributed by atoms with van der Waals surface area (Å²) in [5, 5.41) is 20.6. The third kappa shape index (κ3) is 5.27. The number of nitrogens with zero attached hydrogens (tertiary/aromatic N) is 2. The third-order valence-corrected chi connectivity index (χ3v) is 4.97. The summed E-state index contributed by atoms with van der Waals surface area (Å²) in [6.45, 7) is 0.00788. The first-order valence-corrected chi connectivity index (χ1v) is 9.82. The van der Waals surface area contributed by atoms with E-state index in [9.17, 15) is 19.8 Å². The van der Waals surface area contributed by atoms with Crippen LogP contribution in [0.25, 0.3) is 11.6 Å². The van der Waals surface area contributed by atoms with Crippen LogP contribution in [0, 0.1) is 27.3 Å². The topological polar surface area (TPSA) is 85.4 Å². The lowest BCUT2D eigenvalue weighted by Gasteiger charge is -2.14. The highest BCUT2D eigenvalue weighted by atomic mass is 79.9. The molecule has 0 aliphatic rings. The van der Waals surface area contributed by atoms with Gasteiger partial charge in [-0.05, 0) is 51.3 Å². The van der Waals surface area contributed by atoms with Gasteiger partial charge in [0.1, 0.15) is 12.4 Å². The van der Waals surface area contributed by atoms with Gasteiger partial charge in [-0.15, -0.1) is 0 Å². The first-order valence-electron chi connectivity index (χ1n) is 9.03. The number of benzene rings is 3. The zero-order valence-electron chi connectivity index (χ0n) is 16.3. The van der Waals surface area contributed by atoms with E-state index < -0.39 is 4.92 Å². The average molecular weight is 483 g/mol. The Morgan fingerprint density at radius 2 is 2.00 bits per heavy atom. The van der Waals surface area contributed by atoms with E-state index in [1.807, 2.05) is 0 Å². The molecule has 0 saturated carbocycles. The molecule has 0 aliphatic carbocycles. The maximum absolute atomic E-state index is 13.9. The second kappa shape index (κ2) is 9.87. The van der Waals surface area contributed by atoms with Crippen LogP contribution in [0.15, 0.2) is 65.1 Å². The predicted molar refractivity (Wildman–Crippen MR) is 118 cm³/mol. The van der Waals surface area contributed by atoms with Crippen molar-refractivity contribution in [3.8, 4) is 17.6 Å². The summed E-state index contributed by atoms with van der Waals surface area (Å²) in [5.41, 5.74) is 1.58. The van der Waals surface area contributed by atoms with Crippen molar-refractivity contribution in [3.05, 3.63) is 97.8 Å². The maximum atomic E-state index is 13.9. The summed E-state index contributed by atoms with van der Waals surface area (Å²) < 4.78 is 25.6. The minimum atomic E-state index is -0.514. The molecular formula is C23H16BrFN2O4. The Balaban J connectivity index is 1.93. The number of rotatable bonds is 7. The SMILES string of the molecule is COc1cc(C=C(C#N)c2cccc([N+](=O)[O-])c2)cc(Br)c1OCc1ccccc1F. The van der Waals surface area contributed by atoms with Gasteiger partial charge in [-0.3, -0.25) is 10.1 Å². The van der Waals surface area contributed by atoms with Gasteiger partial charge in [0.2, 0.25) is 0 Å². The van der Waals surface area contributed by atoms with Gasteiger partial charge < -0.3 is 9.47 Å². The normalized spacial score (nSPS) is 11.0. The zero-order chi connectivity index (χ0) is 22.4. The molecule has 0 saturated heterocycles. The number of nitro groups is 1. The summed E-state index contributed by atoms with van der Waals surface area (Å²) in [5.74, 6) is 0.401. The predicted octanol–water partition coefficient (Wildman–Crippen LogP) is 6.15. The van der Waals surface area contributed by atoms with Gasteiger partial charge in [0.25, 0.3) is 5.69 Å². The summed E-state index contributed by atoms with van der Waals surface area (Å²) in [4.78, 5) is 10.5. The average Bonchev–Trinajstić information content (AvgIpc) is 2.77. The van der Waals surface area contributed by atoms with Crippen LogP contribution in [0.5, 0.6) is 11.5 Å².